The third kappa shape index (κ3) is 4.92. The molecule has 0 bridgehead atoms. The quantitative estimate of drug-likeness (QED) is 0.545. The Labute approximate surface area is 116 Å². The number of nitrogens with one attached hydrogen (secondary N) is 1. The Bertz CT molecular complexity index is 379. The van der Waals surface area contributed by atoms with E-state index < -0.39 is 0 Å². The van der Waals surface area contributed by atoms with E-state index in [0.717, 1.165) is 17.5 Å². The Balaban J connectivity index is 2.76. The average molecular weight is 266 g/mol. The first-order valence-electron chi connectivity index (χ1n) is 7.34. The van der Waals surface area contributed by atoms with Gasteiger partial charge in [-0.1, -0.05) is 45.6 Å². The van der Waals surface area contributed by atoms with Crippen LogP contribution in [0.25, 0.3) is 0 Å². The van der Waals surface area contributed by atoms with E-state index in [4.69, 9.17) is 5.84 Å². The summed E-state index contributed by atoms with van der Waals surface area (Å²) in [4.78, 5) is 0. The molecule has 2 atom stereocenters. The number of aryl methyl sites for hydroxylation is 1. The molecule has 108 valence electrons. The van der Waals surface area contributed by atoms with Crippen LogP contribution in [0, 0.1) is 18.7 Å². The van der Waals surface area contributed by atoms with Gasteiger partial charge >= 0.3 is 0 Å². The van der Waals surface area contributed by atoms with Crippen LogP contribution in [0.2, 0.25) is 0 Å². The van der Waals surface area contributed by atoms with E-state index in [1.807, 2.05) is 13.0 Å². The predicted molar refractivity (Wildman–Crippen MR) is 79.1 cm³/mol. The first-order valence-corrected chi connectivity index (χ1v) is 7.34. The van der Waals surface area contributed by atoms with Crippen LogP contribution in [-0.2, 0) is 0 Å². The van der Waals surface area contributed by atoms with Crippen molar-refractivity contribution >= 4 is 0 Å². The number of hydrogen-bond donors (Lipinski definition) is 2. The first kappa shape index (κ1) is 16.1. The third-order valence-corrected chi connectivity index (χ3v) is 3.92. The van der Waals surface area contributed by atoms with Gasteiger partial charge in [-0.05, 0) is 42.5 Å². The highest BCUT2D eigenvalue weighted by Gasteiger charge is 2.17. The SMILES string of the molecule is CCCCC(CC)CC(NN)c1ccc(F)cc1C. The lowest BCUT2D eigenvalue weighted by Gasteiger charge is -2.24. The van der Waals surface area contributed by atoms with Crippen LogP contribution >= 0.6 is 0 Å². The zero-order valence-electron chi connectivity index (χ0n) is 12.4. The molecule has 0 saturated carbocycles. The number of nitrogens with two attached hydrogens (primary N) is 1. The smallest absolute Gasteiger partial charge is 0.123 e. The number of halogens is 1. The van der Waals surface area contributed by atoms with E-state index in [-0.39, 0.29) is 11.9 Å². The fourth-order valence-electron chi connectivity index (χ4n) is 2.63. The monoisotopic (exact) mass is 266 g/mol. The van der Waals surface area contributed by atoms with Crippen molar-refractivity contribution in [1.29, 1.82) is 0 Å². The van der Waals surface area contributed by atoms with Gasteiger partial charge in [-0.2, -0.15) is 0 Å². The lowest BCUT2D eigenvalue weighted by molar-refractivity contribution is 0.355. The van der Waals surface area contributed by atoms with Crippen molar-refractivity contribution in [1.82, 2.24) is 5.43 Å². The lowest BCUT2D eigenvalue weighted by Crippen LogP contribution is -2.30. The molecule has 0 fully saturated rings. The molecule has 2 nitrogen and oxygen atoms in total. The van der Waals surface area contributed by atoms with Gasteiger partial charge in [0.05, 0.1) is 0 Å². The molecule has 0 amide bonds. The molecule has 2 unspecified atom stereocenters. The van der Waals surface area contributed by atoms with Crippen molar-refractivity contribution in [3.63, 3.8) is 0 Å². The van der Waals surface area contributed by atoms with Gasteiger partial charge in [-0.25, -0.2) is 4.39 Å². The molecule has 0 heterocycles. The van der Waals surface area contributed by atoms with Crippen molar-refractivity contribution in [2.24, 2.45) is 11.8 Å². The molecular weight excluding hydrogens is 239 g/mol. The van der Waals surface area contributed by atoms with Crippen LogP contribution < -0.4 is 11.3 Å². The number of rotatable bonds is 8. The molecular formula is C16H27FN2. The van der Waals surface area contributed by atoms with Crippen LogP contribution in [0.3, 0.4) is 0 Å². The van der Waals surface area contributed by atoms with Gasteiger partial charge in [-0.15, -0.1) is 0 Å². The molecule has 0 aliphatic heterocycles. The van der Waals surface area contributed by atoms with E-state index >= 15 is 0 Å². The maximum absolute atomic E-state index is 13.2. The number of hydrogen-bond acceptors (Lipinski definition) is 2. The molecule has 1 aromatic rings. The maximum atomic E-state index is 13.2. The Kier molecular flexibility index (Phi) is 7.03. The van der Waals surface area contributed by atoms with Crippen LogP contribution in [0.4, 0.5) is 4.39 Å². The summed E-state index contributed by atoms with van der Waals surface area (Å²) in [5.74, 6) is 6.19. The van der Waals surface area contributed by atoms with Crippen LogP contribution in [0.5, 0.6) is 0 Å². The fraction of sp³-hybridized carbons (Fsp3) is 0.625. The highest BCUT2D eigenvalue weighted by molar-refractivity contribution is 5.29. The van der Waals surface area contributed by atoms with E-state index in [1.54, 1.807) is 6.07 Å². The zero-order chi connectivity index (χ0) is 14.3. The molecule has 0 aromatic heterocycles. The molecule has 0 aliphatic carbocycles. The van der Waals surface area contributed by atoms with Gasteiger partial charge in [0.25, 0.3) is 0 Å². The van der Waals surface area contributed by atoms with Crippen molar-refractivity contribution in [3.05, 3.63) is 35.1 Å². The predicted octanol–water partition coefficient (Wildman–Crippen LogP) is 4.25. The second-order valence-electron chi connectivity index (χ2n) is 5.37. The van der Waals surface area contributed by atoms with Crippen LogP contribution in [0.15, 0.2) is 18.2 Å². The van der Waals surface area contributed by atoms with Crippen molar-refractivity contribution in [3.8, 4) is 0 Å². The van der Waals surface area contributed by atoms with Gasteiger partial charge in [0, 0.05) is 6.04 Å². The van der Waals surface area contributed by atoms with Gasteiger partial charge < -0.3 is 0 Å². The van der Waals surface area contributed by atoms with E-state index in [1.165, 1.54) is 31.7 Å². The molecule has 3 heteroatoms. The minimum absolute atomic E-state index is 0.113. The molecule has 1 aromatic carbocycles. The Hall–Kier alpha value is -0.930. The summed E-state index contributed by atoms with van der Waals surface area (Å²) in [5.41, 5.74) is 4.97. The number of unbranched alkanes of at least 4 members (excludes halogenated alkanes) is 1. The zero-order valence-corrected chi connectivity index (χ0v) is 12.4. The minimum Gasteiger partial charge on any atom is -0.271 e. The molecule has 0 saturated heterocycles. The van der Waals surface area contributed by atoms with Gasteiger partial charge in [0.15, 0.2) is 0 Å². The summed E-state index contributed by atoms with van der Waals surface area (Å²) >= 11 is 0. The van der Waals surface area contributed by atoms with E-state index in [2.05, 4.69) is 19.3 Å². The summed E-state index contributed by atoms with van der Waals surface area (Å²) in [6.45, 7) is 6.39. The van der Waals surface area contributed by atoms with Gasteiger partial charge in [-0.3, -0.25) is 11.3 Å². The fourth-order valence-corrected chi connectivity index (χ4v) is 2.63. The summed E-state index contributed by atoms with van der Waals surface area (Å²) in [7, 11) is 0. The molecule has 0 spiro atoms. The highest BCUT2D eigenvalue weighted by Crippen LogP contribution is 2.28. The highest BCUT2D eigenvalue weighted by atomic mass is 19.1. The summed E-state index contributed by atoms with van der Waals surface area (Å²) < 4.78 is 13.2. The second kappa shape index (κ2) is 8.28. The molecule has 0 aliphatic rings. The Morgan fingerprint density at radius 2 is 2.05 bits per heavy atom. The topological polar surface area (TPSA) is 38.0 Å². The van der Waals surface area contributed by atoms with Crippen LogP contribution in [-0.4, -0.2) is 0 Å². The minimum atomic E-state index is -0.185. The van der Waals surface area contributed by atoms with Crippen molar-refractivity contribution in [2.45, 2.75) is 58.9 Å². The second-order valence-corrected chi connectivity index (χ2v) is 5.37. The number of benzene rings is 1. The molecule has 3 N–H and O–H groups in total. The third-order valence-electron chi connectivity index (χ3n) is 3.92. The summed E-state index contributed by atoms with van der Waals surface area (Å²) in [5, 5.41) is 0. The standard InChI is InChI=1S/C16H27FN2/c1-4-6-7-13(5-2)11-16(19-18)15-9-8-14(17)10-12(15)3/h8-10,13,16,19H,4-7,11,18H2,1-3H3. The average Bonchev–Trinajstić information content (AvgIpc) is 2.40. The van der Waals surface area contributed by atoms with Gasteiger partial charge in [0.2, 0.25) is 0 Å². The first-order chi connectivity index (χ1) is 9.12. The molecule has 1 rings (SSSR count). The summed E-state index contributed by atoms with van der Waals surface area (Å²) in [6.07, 6.45) is 5.91. The normalized spacial score (nSPS) is 14.4. The van der Waals surface area contributed by atoms with Crippen LogP contribution in [0.1, 0.15) is 63.1 Å². The van der Waals surface area contributed by atoms with Gasteiger partial charge in [0.1, 0.15) is 5.82 Å². The molecule has 0 radical (unpaired) electrons. The van der Waals surface area contributed by atoms with E-state index in [9.17, 15) is 4.39 Å². The largest absolute Gasteiger partial charge is 0.271 e. The number of hydrazine groups is 1. The maximum Gasteiger partial charge on any atom is 0.123 e. The summed E-state index contributed by atoms with van der Waals surface area (Å²) in [6, 6.07) is 5.05. The van der Waals surface area contributed by atoms with E-state index in [0.29, 0.717) is 5.92 Å². The molecule has 19 heavy (non-hydrogen) atoms. The Morgan fingerprint density at radius 3 is 2.58 bits per heavy atom. The van der Waals surface area contributed by atoms with Crippen molar-refractivity contribution < 1.29 is 4.39 Å². The lowest BCUT2D eigenvalue weighted by atomic mass is 9.88. The van der Waals surface area contributed by atoms with Crippen molar-refractivity contribution in [2.75, 3.05) is 0 Å². The Morgan fingerprint density at radius 1 is 1.32 bits per heavy atom.